The summed E-state index contributed by atoms with van der Waals surface area (Å²) in [6.07, 6.45) is 5.34. The molecule has 0 aliphatic carbocycles. The second-order valence-electron chi connectivity index (χ2n) is 6.82. The second-order valence-corrected chi connectivity index (χ2v) is 6.82. The van der Waals surface area contributed by atoms with Crippen molar-refractivity contribution in [3.63, 3.8) is 0 Å². The summed E-state index contributed by atoms with van der Waals surface area (Å²) in [7, 11) is 0. The molecule has 0 rings (SSSR count). The highest BCUT2D eigenvalue weighted by molar-refractivity contribution is 4.57. The molecule has 0 saturated heterocycles. The Balaban J connectivity index is 3.00. The van der Waals surface area contributed by atoms with Crippen molar-refractivity contribution in [3.05, 3.63) is 0 Å². The first-order valence-corrected chi connectivity index (χ1v) is 9.51. The van der Waals surface area contributed by atoms with Gasteiger partial charge in [0.25, 0.3) is 0 Å². The fraction of sp³-hybridized carbons (Fsp3) is 1.00. The van der Waals surface area contributed by atoms with Crippen molar-refractivity contribution < 1.29 is 23.7 Å². The first-order chi connectivity index (χ1) is 11.6. The van der Waals surface area contributed by atoms with Crippen molar-refractivity contribution in [1.82, 2.24) is 0 Å². The van der Waals surface area contributed by atoms with E-state index < -0.39 is 0 Å². The largest absolute Gasteiger partial charge is 0.381 e. The standard InChI is InChI=1S/C19H40O5/c1-5-10-20-11-6-7-12-21-13-8-9-14-22-15-16-23-17-18-24-19(2,3)4/h5-18H2,1-4H3. The van der Waals surface area contributed by atoms with Crippen LogP contribution in [0.15, 0.2) is 0 Å². The molecule has 0 radical (unpaired) electrons. The summed E-state index contributed by atoms with van der Waals surface area (Å²) in [6, 6.07) is 0. The van der Waals surface area contributed by atoms with Crippen LogP contribution in [0, 0.1) is 0 Å². The number of hydrogen-bond acceptors (Lipinski definition) is 5. The number of ether oxygens (including phenoxy) is 5. The molecular weight excluding hydrogens is 308 g/mol. The second kappa shape index (κ2) is 17.6. The van der Waals surface area contributed by atoms with E-state index in [0.29, 0.717) is 26.4 Å². The molecule has 146 valence electrons. The van der Waals surface area contributed by atoms with E-state index in [9.17, 15) is 0 Å². The number of rotatable bonds is 18. The molecule has 0 amide bonds. The molecule has 0 unspecified atom stereocenters. The molecule has 24 heavy (non-hydrogen) atoms. The molecule has 0 spiro atoms. The molecule has 0 atom stereocenters. The minimum absolute atomic E-state index is 0.0925. The summed E-state index contributed by atoms with van der Waals surface area (Å²) in [5.74, 6) is 0. The van der Waals surface area contributed by atoms with E-state index in [4.69, 9.17) is 23.7 Å². The Morgan fingerprint density at radius 2 is 0.875 bits per heavy atom. The number of unbranched alkanes of at least 4 members (excludes halogenated alkanes) is 2. The summed E-state index contributed by atoms with van der Waals surface area (Å²) in [5.41, 5.74) is -0.0925. The van der Waals surface area contributed by atoms with Gasteiger partial charge < -0.3 is 23.7 Å². The zero-order chi connectivity index (χ0) is 17.9. The van der Waals surface area contributed by atoms with E-state index in [1.54, 1.807) is 0 Å². The van der Waals surface area contributed by atoms with Gasteiger partial charge in [-0.1, -0.05) is 6.92 Å². The van der Waals surface area contributed by atoms with E-state index in [1.165, 1.54) is 0 Å². The lowest BCUT2D eigenvalue weighted by molar-refractivity contribution is -0.0426. The molecule has 0 heterocycles. The zero-order valence-corrected chi connectivity index (χ0v) is 16.4. The van der Waals surface area contributed by atoms with Crippen LogP contribution in [0.25, 0.3) is 0 Å². The van der Waals surface area contributed by atoms with Gasteiger partial charge in [0.1, 0.15) is 0 Å². The fourth-order valence-corrected chi connectivity index (χ4v) is 1.89. The lowest BCUT2D eigenvalue weighted by Crippen LogP contribution is -2.22. The number of hydrogen-bond donors (Lipinski definition) is 0. The normalized spacial score (nSPS) is 12.0. The molecule has 0 bridgehead atoms. The minimum atomic E-state index is -0.0925. The topological polar surface area (TPSA) is 46.2 Å². The van der Waals surface area contributed by atoms with Crippen molar-refractivity contribution >= 4 is 0 Å². The Kier molecular flexibility index (Phi) is 17.5. The van der Waals surface area contributed by atoms with Crippen LogP contribution in [0.5, 0.6) is 0 Å². The molecule has 5 nitrogen and oxygen atoms in total. The summed E-state index contributed by atoms with van der Waals surface area (Å²) < 4.78 is 27.6. The zero-order valence-electron chi connectivity index (χ0n) is 16.4. The summed E-state index contributed by atoms with van der Waals surface area (Å²) in [6.45, 7) is 14.9. The quantitative estimate of drug-likeness (QED) is 0.352. The van der Waals surface area contributed by atoms with Gasteiger partial charge in [0, 0.05) is 33.0 Å². The monoisotopic (exact) mass is 348 g/mol. The maximum atomic E-state index is 5.59. The average molecular weight is 349 g/mol. The Labute approximate surface area is 149 Å². The van der Waals surface area contributed by atoms with Gasteiger partial charge in [0.15, 0.2) is 0 Å². The Bertz CT molecular complexity index is 240. The maximum Gasteiger partial charge on any atom is 0.0707 e. The van der Waals surface area contributed by atoms with Gasteiger partial charge in [-0.2, -0.15) is 0 Å². The van der Waals surface area contributed by atoms with Crippen LogP contribution in [0.3, 0.4) is 0 Å². The molecule has 5 heteroatoms. The van der Waals surface area contributed by atoms with Crippen LogP contribution >= 0.6 is 0 Å². The predicted molar refractivity (Wildman–Crippen MR) is 97.7 cm³/mol. The lowest BCUT2D eigenvalue weighted by Gasteiger charge is -2.19. The average Bonchev–Trinajstić information content (AvgIpc) is 2.52. The van der Waals surface area contributed by atoms with Crippen molar-refractivity contribution in [2.45, 2.75) is 65.4 Å². The van der Waals surface area contributed by atoms with Crippen LogP contribution in [0.4, 0.5) is 0 Å². The molecule has 0 aliphatic rings. The summed E-state index contributed by atoms with van der Waals surface area (Å²) >= 11 is 0. The first-order valence-electron chi connectivity index (χ1n) is 9.51. The molecule has 0 N–H and O–H groups in total. The van der Waals surface area contributed by atoms with E-state index >= 15 is 0 Å². The van der Waals surface area contributed by atoms with Crippen molar-refractivity contribution in [2.24, 2.45) is 0 Å². The van der Waals surface area contributed by atoms with Gasteiger partial charge in [-0.3, -0.25) is 0 Å². The molecule has 0 saturated carbocycles. The highest BCUT2D eigenvalue weighted by atomic mass is 16.5. The van der Waals surface area contributed by atoms with Crippen LogP contribution in [-0.2, 0) is 23.7 Å². The smallest absolute Gasteiger partial charge is 0.0707 e. The van der Waals surface area contributed by atoms with Crippen molar-refractivity contribution in [2.75, 3.05) is 59.5 Å². The summed E-state index contributed by atoms with van der Waals surface area (Å²) in [4.78, 5) is 0. The minimum Gasteiger partial charge on any atom is -0.381 e. The maximum absolute atomic E-state index is 5.59. The van der Waals surface area contributed by atoms with Gasteiger partial charge in [-0.15, -0.1) is 0 Å². The first kappa shape index (κ1) is 23.8. The van der Waals surface area contributed by atoms with Crippen LogP contribution in [0.1, 0.15) is 59.8 Å². The third-order valence-electron chi connectivity index (χ3n) is 3.14. The molecule has 0 aromatic heterocycles. The third-order valence-corrected chi connectivity index (χ3v) is 3.14. The van der Waals surface area contributed by atoms with E-state index in [2.05, 4.69) is 6.92 Å². The van der Waals surface area contributed by atoms with Gasteiger partial charge in [0.2, 0.25) is 0 Å². The van der Waals surface area contributed by atoms with Gasteiger partial charge in [0.05, 0.1) is 32.0 Å². The fourth-order valence-electron chi connectivity index (χ4n) is 1.89. The van der Waals surface area contributed by atoms with E-state index in [0.717, 1.165) is 65.1 Å². The Morgan fingerprint density at radius 3 is 1.33 bits per heavy atom. The van der Waals surface area contributed by atoms with Crippen molar-refractivity contribution in [1.29, 1.82) is 0 Å². The molecular formula is C19H40O5. The van der Waals surface area contributed by atoms with Gasteiger partial charge in [-0.25, -0.2) is 0 Å². The Morgan fingerprint density at radius 1 is 0.500 bits per heavy atom. The SMILES string of the molecule is CCCOCCCCOCCCCOCCOCCOC(C)(C)C. The van der Waals surface area contributed by atoms with Crippen LogP contribution in [0.2, 0.25) is 0 Å². The van der Waals surface area contributed by atoms with Crippen LogP contribution < -0.4 is 0 Å². The highest BCUT2D eigenvalue weighted by Crippen LogP contribution is 2.05. The molecule has 0 fully saturated rings. The van der Waals surface area contributed by atoms with E-state index in [-0.39, 0.29) is 5.60 Å². The van der Waals surface area contributed by atoms with Crippen LogP contribution in [-0.4, -0.2) is 65.1 Å². The Hall–Kier alpha value is -0.200. The summed E-state index contributed by atoms with van der Waals surface area (Å²) in [5, 5.41) is 0. The molecule has 0 aromatic rings. The lowest BCUT2D eigenvalue weighted by atomic mass is 10.2. The van der Waals surface area contributed by atoms with E-state index in [1.807, 2.05) is 20.8 Å². The predicted octanol–water partition coefficient (Wildman–Crippen LogP) is 3.84. The van der Waals surface area contributed by atoms with Crippen molar-refractivity contribution in [3.8, 4) is 0 Å². The molecule has 0 aliphatic heterocycles. The van der Waals surface area contributed by atoms with Gasteiger partial charge >= 0.3 is 0 Å². The highest BCUT2D eigenvalue weighted by Gasteiger charge is 2.08. The third kappa shape index (κ3) is 21.8. The van der Waals surface area contributed by atoms with Gasteiger partial charge in [-0.05, 0) is 52.9 Å². The molecule has 0 aromatic carbocycles.